The van der Waals surface area contributed by atoms with Gasteiger partial charge < -0.3 is 36.4 Å². The predicted octanol–water partition coefficient (Wildman–Crippen LogP) is 0.417. The molecule has 2 fully saturated rings. The molecule has 7 N–H and O–H groups in total. The van der Waals surface area contributed by atoms with Gasteiger partial charge in [-0.3, -0.25) is 4.57 Å². The molecule has 2 saturated heterocycles. The Labute approximate surface area is 234 Å². The summed E-state index contributed by atoms with van der Waals surface area (Å²) in [4.78, 5) is 30.6. The highest BCUT2D eigenvalue weighted by Crippen LogP contribution is 2.32. The van der Waals surface area contributed by atoms with Gasteiger partial charge in [0, 0.05) is 30.6 Å². The van der Waals surface area contributed by atoms with E-state index in [9.17, 15) is 20.1 Å². The molecule has 0 spiro atoms. The monoisotopic (exact) mass is 572 g/mol. The van der Waals surface area contributed by atoms with Crippen LogP contribution in [0, 0.1) is 17.8 Å². The summed E-state index contributed by atoms with van der Waals surface area (Å²) in [6.07, 6.45) is -1.08. The highest BCUT2D eigenvalue weighted by molar-refractivity contribution is 6.30. The zero-order valence-electron chi connectivity index (χ0n) is 21.3. The van der Waals surface area contributed by atoms with Crippen LogP contribution < -0.4 is 16.3 Å². The molecule has 40 heavy (non-hydrogen) atoms. The number of anilines is 1. The van der Waals surface area contributed by atoms with Crippen LogP contribution in [0.3, 0.4) is 0 Å². The fourth-order valence-electron chi connectivity index (χ4n) is 4.74. The molecule has 15 heteroatoms. The lowest BCUT2D eigenvalue weighted by atomic mass is 9.94. The third-order valence-electron chi connectivity index (χ3n) is 6.85. The number of primary amides is 1. The van der Waals surface area contributed by atoms with Gasteiger partial charge >= 0.3 is 6.03 Å². The van der Waals surface area contributed by atoms with Gasteiger partial charge in [0.2, 0.25) is 5.82 Å². The number of hydrogen-bond donors (Lipinski definition) is 5. The summed E-state index contributed by atoms with van der Waals surface area (Å²) in [5.74, 6) is 6.99. The number of halogens is 1. The molecule has 0 radical (unpaired) electrons. The van der Waals surface area contributed by atoms with Crippen molar-refractivity contribution in [1.29, 1.82) is 0 Å². The molecule has 1 aromatic carbocycles. The minimum Gasteiger partial charge on any atom is -0.394 e. The number of aliphatic hydroxyl groups excluding tert-OH is 3. The maximum Gasteiger partial charge on any atom is 0.363 e. The number of piperidine rings is 1. The minimum atomic E-state index is -1.30. The highest BCUT2D eigenvalue weighted by atomic mass is 35.5. The average molecular weight is 573 g/mol. The van der Waals surface area contributed by atoms with E-state index in [0.717, 1.165) is 18.0 Å². The summed E-state index contributed by atoms with van der Waals surface area (Å²) < 4.78 is 7.03. The van der Waals surface area contributed by atoms with Gasteiger partial charge in [-0.05, 0) is 36.8 Å². The lowest BCUT2D eigenvalue weighted by molar-refractivity contribution is -0.182. The molecule has 2 aliphatic rings. The van der Waals surface area contributed by atoms with Crippen LogP contribution in [0.15, 0.2) is 30.6 Å². The molecule has 3 aromatic rings. The van der Waals surface area contributed by atoms with Crippen molar-refractivity contribution in [3.63, 3.8) is 0 Å². The van der Waals surface area contributed by atoms with Gasteiger partial charge in [-0.25, -0.2) is 19.7 Å². The molecule has 212 valence electrons. The van der Waals surface area contributed by atoms with E-state index in [0.29, 0.717) is 35.8 Å². The molecule has 5 rings (SSSR count). The number of aliphatic hydroxyl groups is 3. The molecule has 4 atom stereocenters. The predicted molar refractivity (Wildman–Crippen MR) is 142 cm³/mol. The quantitative estimate of drug-likeness (QED) is 0.202. The van der Waals surface area contributed by atoms with Crippen molar-refractivity contribution >= 4 is 34.6 Å². The van der Waals surface area contributed by atoms with Gasteiger partial charge in [0.25, 0.3) is 0 Å². The van der Waals surface area contributed by atoms with Crippen LogP contribution in [0.4, 0.5) is 10.6 Å². The third kappa shape index (κ3) is 5.75. The first-order chi connectivity index (χ1) is 19.2. The van der Waals surface area contributed by atoms with E-state index in [1.54, 1.807) is 29.3 Å². The molecule has 0 bridgehead atoms. The number of carbonyl (C=O) groups excluding carboxylic acids is 1. The number of hydrazine groups is 1. The fraction of sp³-hybridized carbons (Fsp3) is 0.440. The van der Waals surface area contributed by atoms with Crippen molar-refractivity contribution in [2.45, 2.75) is 43.8 Å². The van der Waals surface area contributed by atoms with E-state index < -0.39 is 37.2 Å². The maximum atomic E-state index is 12.0. The molecule has 4 heterocycles. The molecular formula is C25H29ClN8O6. The number of hydrogen-bond acceptors (Lipinski definition) is 11. The highest BCUT2D eigenvalue weighted by Gasteiger charge is 2.44. The fourth-order valence-corrected chi connectivity index (χ4v) is 4.92. The lowest BCUT2D eigenvalue weighted by Gasteiger charge is -2.36. The number of carbonyl (C=O) groups is 1. The van der Waals surface area contributed by atoms with Gasteiger partial charge in [0.1, 0.15) is 23.8 Å². The summed E-state index contributed by atoms with van der Waals surface area (Å²) in [6, 6.07) is 5.96. The Morgan fingerprint density at radius 2 is 2.02 bits per heavy atom. The van der Waals surface area contributed by atoms with Crippen LogP contribution in [0.1, 0.15) is 31.3 Å². The lowest BCUT2D eigenvalue weighted by Crippen LogP contribution is -2.53. The van der Waals surface area contributed by atoms with Crippen LogP contribution in [0.25, 0.3) is 11.2 Å². The standard InChI is InChI=1S/C25H29ClN8O6/c26-15-4-2-5-16(11-15)40-34(25(28)38)32-9-7-14(8-10-32)3-1-6-18-30-22(27)19-23(31-18)33(13-29-19)24-21(37)20(36)17(12-35)39-24/h2,4-5,11,13-14,17,20-21,24,35-37H,3,7-10,12H2,(H2,28,38)(H2,27,30,31)/t17-,20-,21-,24-/m1/s1. The van der Waals surface area contributed by atoms with Crippen LogP contribution in [0.5, 0.6) is 5.75 Å². The summed E-state index contributed by atoms with van der Waals surface area (Å²) >= 11 is 6.00. The number of nitrogens with zero attached hydrogens (tertiary/aromatic N) is 6. The Hall–Kier alpha value is -3.71. The number of nitrogen functional groups attached to an aromatic ring is 1. The van der Waals surface area contributed by atoms with Crippen molar-refractivity contribution in [2.75, 3.05) is 25.4 Å². The number of aromatic nitrogens is 4. The normalized spacial score (nSPS) is 23.6. The number of nitrogens with two attached hydrogens (primary N) is 2. The first-order valence-electron chi connectivity index (χ1n) is 12.6. The van der Waals surface area contributed by atoms with Crippen LogP contribution >= 0.6 is 11.6 Å². The number of urea groups is 1. The van der Waals surface area contributed by atoms with Crippen LogP contribution in [0.2, 0.25) is 5.02 Å². The first kappa shape index (κ1) is 27.8. The van der Waals surface area contributed by atoms with Crippen LogP contribution in [-0.4, -0.2) is 89.1 Å². The maximum absolute atomic E-state index is 12.0. The van der Waals surface area contributed by atoms with Gasteiger partial charge in [-0.1, -0.05) is 28.8 Å². The summed E-state index contributed by atoms with van der Waals surface area (Å²) in [6.45, 7) is 0.618. The van der Waals surface area contributed by atoms with Gasteiger partial charge in [0.05, 0.1) is 12.9 Å². The number of rotatable bonds is 6. The molecule has 0 saturated carbocycles. The molecule has 2 aromatic heterocycles. The van der Waals surface area contributed by atoms with Crippen molar-refractivity contribution < 1.29 is 29.7 Å². The van der Waals surface area contributed by atoms with Crippen LogP contribution in [-0.2, 0) is 4.74 Å². The largest absolute Gasteiger partial charge is 0.394 e. The second-order valence-corrected chi connectivity index (χ2v) is 9.98. The summed E-state index contributed by atoms with van der Waals surface area (Å²) in [7, 11) is 0. The second kappa shape index (κ2) is 11.8. The number of fused-ring (bicyclic) bond motifs is 1. The van der Waals surface area contributed by atoms with Crippen molar-refractivity contribution in [3.05, 3.63) is 41.4 Å². The SMILES string of the molecule is NC(=O)N(Oc1cccc(Cl)c1)N1CCC(CC#Cc2nc(N)c3ncn([C@@H]4O[C@H](CO)[C@@H](O)[C@H]4O)c3n2)CC1. The summed E-state index contributed by atoms with van der Waals surface area (Å²) in [5, 5.41) is 33.2. The van der Waals surface area contributed by atoms with E-state index >= 15 is 0 Å². The Kier molecular flexibility index (Phi) is 8.22. The molecule has 2 amide bonds. The third-order valence-corrected chi connectivity index (χ3v) is 7.09. The molecule has 14 nitrogen and oxygen atoms in total. The zero-order valence-corrected chi connectivity index (χ0v) is 22.1. The Bertz CT molecular complexity index is 1440. The number of hydroxylamine groups is 1. The molecular weight excluding hydrogens is 544 g/mol. The Balaban J connectivity index is 1.23. The first-order valence-corrected chi connectivity index (χ1v) is 13.0. The Morgan fingerprint density at radius 3 is 2.70 bits per heavy atom. The van der Waals surface area contributed by atoms with E-state index in [-0.39, 0.29) is 23.2 Å². The number of imidazole rings is 1. The molecule has 0 unspecified atom stereocenters. The van der Waals surface area contributed by atoms with E-state index in [4.69, 9.17) is 32.6 Å². The smallest absolute Gasteiger partial charge is 0.363 e. The second-order valence-electron chi connectivity index (χ2n) is 9.55. The van der Waals surface area contributed by atoms with E-state index in [2.05, 4.69) is 26.8 Å². The molecule has 0 aliphatic carbocycles. The van der Waals surface area contributed by atoms with Gasteiger partial charge in [-0.15, -0.1) is 0 Å². The Morgan fingerprint density at radius 1 is 1.25 bits per heavy atom. The summed E-state index contributed by atoms with van der Waals surface area (Å²) in [5.41, 5.74) is 12.2. The van der Waals surface area contributed by atoms with Gasteiger partial charge in [-0.2, -0.15) is 5.01 Å². The average Bonchev–Trinajstić information content (AvgIpc) is 3.48. The zero-order chi connectivity index (χ0) is 28.4. The van der Waals surface area contributed by atoms with E-state index in [1.165, 1.54) is 10.9 Å². The minimum absolute atomic E-state index is 0.111. The topological polar surface area (TPSA) is 198 Å². The van der Waals surface area contributed by atoms with Gasteiger partial charge in [0.15, 0.2) is 23.4 Å². The number of ether oxygens (including phenoxy) is 1. The number of benzene rings is 1. The van der Waals surface area contributed by atoms with Crippen molar-refractivity contribution in [3.8, 4) is 17.6 Å². The number of amides is 2. The van der Waals surface area contributed by atoms with Crippen molar-refractivity contribution in [2.24, 2.45) is 11.7 Å². The molecule has 2 aliphatic heterocycles. The van der Waals surface area contributed by atoms with Crippen molar-refractivity contribution in [1.82, 2.24) is 29.7 Å². The van der Waals surface area contributed by atoms with E-state index in [1.807, 2.05) is 0 Å².